The Balaban J connectivity index is 0. The summed E-state index contributed by atoms with van der Waals surface area (Å²) in [6.45, 7) is 0. The van der Waals surface area contributed by atoms with Crippen molar-refractivity contribution in [1.82, 2.24) is 0 Å². The van der Waals surface area contributed by atoms with Gasteiger partial charge < -0.3 is 21.8 Å². The maximum absolute atomic E-state index is 0. The average Bonchev–Trinajstić information content (AvgIpc) is 0. The summed E-state index contributed by atoms with van der Waals surface area (Å²) in [6, 6.07) is 0. The molecule has 0 aromatic rings. The van der Waals surface area contributed by atoms with Crippen molar-refractivity contribution in [1.29, 1.82) is 0 Å². The van der Waals surface area contributed by atoms with Crippen LogP contribution >= 0.6 is 0 Å². The van der Waals surface area contributed by atoms with Crippen LogP contribution in [0.5, 0.6) is 0 Å². The number of hydrogen-bond acceptors (Lipinski definition) is 0. The second-order valence-electron chi connectivity index (χ2n) is 0. The summed E-state index contributed by atoms with van der Waals surface area (Å²) in [5, 5.41) is 0. The zero-order valence-corrected chi connectivity index (χ0v) is 4.01. The largest absolute Gasteiger partial charge is 2.00 e. The first-order valence-electron chi connectivity index (χ1n) is 0. The molecule has 0 amide bonds. The van der Waals surface area contributed by atoms with Gasteiger partial charge in [-0.25, -0.2) is 0 Å². The van der Waals surface area contributed by atoms with E-state index in [0.717, 1.165) is 0 Å². The van der Waals surface area contributed by atoms with E-state index < -0.39 is 0 Å². The summed E-state index contributed by atoms with van der Waals surface area (Å²) in [4.78, 5) is 0. The van der Waals surface area contributed by atoms with E-state index in [1.165, 1.54) is 0 Å². The van der Waals surface area contributed by atoms with E-state index in [0.29, 0.717) is 0 Å². The maximum atomic E-state index is 0. The van der Waals surface area contributed by atoms with Gasteiger partial charge in [0.15, 0.2) is 0 Å². The molecule has 0 unspecified atom stereocenters. The second kappa shape index (κ2) is 39.7. The molecule has 0 aliphatic heterocycles. The van der Waals surface area contributed by atoms with E-state index in [4.69, 9.17) is 0 Å². The first kappa shape index (κ1) is 89.8. The predicted octanol–water partition coefficient (Wildman–Crippen LogP) is -9.26. The Morgan fingerprint density at radius 1 is 1.00 bits per heavy atom. The summed E-state index contributed by atoms with van der Waals surface area (Å²) >= 11 is 0. The Labute approximate surface area is 46.7 Å². The molecule has 0 atom stereocenters. The fraction of sp³-hybridized carbons (Fsp3) is 0. The molecule has 0 aromatic heterocycles. The van der Waals surface area contributed by atoms with Crippen molar-refractivity contribution in [3.8, 4) is 0 Å². The molecule has 0 nitrogen and oxygen atoms in total. The van der Waals surface area contributed by atoms with Crippen molar-refractivity contribution in [2.45, 2.75) is 0 Å². The van der Waals surface area contributed by atoms with Gasteiger partial charge in [0.25, 0.3) is 0 Å². The third-order valence-electron chi connectivity index (χ3n) is 0. The van der Waals surface area contributed by atoms with Crippen molar-refractivity contribution in [3.05, 3.63) is 0 Å². The van der Waals surface area contributed by atoms with E-state index in [2.05, 4.69) is 0 Å². The quantitative estimate of drug-likeness (QED) is 0.264. The summed E-state index contributed by atoms with van der Waals surface area (Å²) < 4.78 is 0. The molecular formula is HClF2Mg. The number of halogens is 3. The monoisotopic (exact) mass is 98.0 g/mol. The zero-order valence-electron chi connectivity index (χ0n) is 2.84. The number of hydrogen-bond donors (Lipinski definition) is 0. The first-order valence-corrected chi connectivity index (χ1v) is 0. The zero-order chi connectivity index (χ0) is 0. The van der Waals surface area contributed by atoms with Crippen molar-refractivity contribution >= 4 is 23.1 Å². The topological polar surface area (TPSA) is 0 Å². The van der Waals surface area contributed by atoms with Crippen LogP contribution in [0.2, 0.25) is 0 Å². The van der Waals surface area contributed by atoms with Crippen LogP contribution in [-0.4, -0.2) is 23.1 Å². The summed E-state index contributed by atoms with van der Waals surface area (Å²) in [5.74, 6) is 0. The van der Waals surface area contributed by atoms with E-state index >= 15 is 0 Å². The van der Waals surface area contributed by atoms with Crippen molar-refractivity contribution in [2.24, 2.45) is 0 Å². The van der Waals surface area contributed by atoms with Crippen LogP contribution in [-0.2, 0) is 0 Å². The second-order valence-corrected chi connectivity index (χ2v) is 0. The Hall–Kier alpha value is 0.916. The Bertz CT molecular complexity index is 9.61. The first-order chi connectivity index (χ1) is 0. The van der Waals surface area contributed by atoms with Gasteiger partial charge in [0, 0.05) is 0 Å². The molecule has 0 bridgehead atoms. The molecule has 0 N–H and O–H groups in total. The SMILES string of the molecule is [Cl-].[F-].[F-].[H+].[Mg+2]. The van der Waals surface area contributed by atoms with E-state index in [-0.39, 0.29) is 46.3 Å². The molecule has 0 aliphatic rings. The Morgan fingerprint density at radius 3 is 1.00 bits per heavy atom. The molecule has 0 saturated carbocycles. The van der Waals surface area contributed by atoms with Crippen LogP contribution in [0, 0.1) is 0 Å². The standard InChI is InChI=1S/ClH.2FH.Mg/h3*1H;/q;;;+2/p-2. The molecule has 0 aromatic carbocycles. The predicted molar refractivity (Wildman–Crippen MR) is 6.87 cm³/mol. The van der Waals surface area contributed by atoms with Gasteiger partial charge in [-0.2, -0.15) is 0 Å². The molecule has 0 fully saturated rings. The maximum Gasteiger partial charge on any atom is 2.00 e. The normalized spacial score (nSPS) is 0. The number of rotatable bonds is 0. The van der Waals surface area contributed by atoms with Gasteiger partial charge in [0.05, 0.1) is 0 Å². The van der Waals surface area contributed by atoms with Crippen LogP contribution in [0.25, 0.3) is 0 Å². The van der Waals surface area contributed by atoms with Crippen molar-refractivity contribution < 1.29 is 23.2 Å². The van der Waals surface area contributed by atoms with E-state index in [1.807, 2.05) is 0 Å². The fourth-order valence-corrected chi connectivity index (χ4v) is 0. The van der Waals surface area contributed by atoms with Gasteiger partial charge >= 0.3 is 24.5 Å². The van der Waals surface area contributed by atoms with Gasteiger partial charge in [-0.3, -0.25) is 0 Å². The van der Waals surface area contributed by atoms with E-state index in [9.17, 15) is 0 Å². The van der Waals surface area contributed by atoms with Crippen LogP contribution in [0.15, 0.2) is 0 Å². The molecule has 0 radical (unpaired) electrons. The smallest absolute Gasteiger partial charge is 1.00 e. The molecule has 4 heteroatoms. The Morgan fingerprint density at radius 2 is 1.00 bits per heavy atom. The van der Waals surface area contributed by atoms with Crippen LogP contribution < -0.4 is 21.8 Å². The van der Waals surface area contributed by atoms with Crippen molar-refractivity contribution in [2.75, 3.05) is 0 Å². The van der Waals surface area contributed by atoms with Gasteiger partial charge in [0.2, 0.25) is 0 Å². The van der Waals surface area contributed by atoms with Crippen LogP contribution in [0.4, 0.5) is 0 Å². The minimum Gasteiger partial charge on any atom is -1.00 e. The minimum absolute atomic E-state index is 0. The Kier molecular flexibility index (Phi) is 891. The summed E-state index contributed by atoms with van der Waals surface area (Å²) in [5.41, 5.74) is 0. The third-order valence-corrected chi connectivity index (χ3v) is 0. The van der Waals surface area contributed by atoms with Gasteiger partial charge in [-0.15, -0.1) is 0 Å². The van der Waals surface area contributed by atoms with Gasteiger partial charge in [0.1, 0.15) is 0 Å². The third kappa shape index (κ3) is 12.8. The van der Waals surface area contributed by atoms with Crippen LogP contribution in [0.1, 0.15) is 1.43 Å². The molecule has 0 aliphatic carbocycles. The molecule has 0 rings (SSSR count). The molecular weight excluding hydrogens is 97.8 g/mol. The van der Waals surface area contributed by atoms with Gasteiger partial charge in [-0.05, 0) is 0 Å². The van der Waals surface area contributed by atoms with Crippen molar-refractivity contribution in [3.63, 3.8) is 0 Å². The molecule has 4 heavy (non-hydrogen) atoms. The molecule has 24 valence electrons. The average molecular weight is 98.8 g/mol. The summed E-state index contributed by atoms with van der Waals surface area (Å²) in [6.07, 6.45) is 0. The molecule has 0 heterocycles. The summed E-state index contributed by atoms with van der Waals surface area (Å²) in [7, 11) is 0. The van der Waals surface area contributed by atoms with E-state index in [1.54, 1.807) is 0 Å². The molecule has 0 spiro atoms. The molecule has 0 saturated heterocycles. The minimum atomic E-state index is 0. The van der Waals surface area contributed by atoms with Gasteiger partial charge in [-0.1, -0.05) is 0 Å². The fourth-order valence-electron chi connectivity index (χ4n) is 0. The van der Waals surface area contributed by atoms with Crippen LogP contribution in [0.3, 0.4) is 0 Å².